The SMILES string of the molecule is CCOP1(=O)CCN(Cc2ccccc2-c2ccc(Cl)cc2Cl)CC1(CCCCN(C(=O)OC(C)(C)C)C(=O)OC(C)(C)C)C(=O)OC(C)(C)C. The van der Waals surface area contributed by atoms with Crippen molar-refractivity contribution in [2.75, 3.05) is 32.4 Å². The first-order valence-corrected chi connectivity index (χ1v) is 20.0. The monoisotopic (exact) mass is 768 g/mol. The fourth-order valence-electron chi connectivity index (χ4n) is 5.95. The summed E-state index contributed by atoms with van der Waals surface area (Å²) in [5.41, 5.74) is 0.178. The number of hydrogen-bond acceptors (Lipinski definition) is 9. The van der Waals surface area contributed by atoms with Gasteiger partial charge in [-0.15, -0.1) is 0 Å². The number of rotatable bonds is 11. The average molecular weight is 770 g/mol. The Morgan fingerprint density at radius 1 is 0.843 bits per heavy atom. The van der Waals surface area contributed by atoms with E-state index in [1.165, 1.54) is 0 Å². The summed E-state index contributed by atoms with van der Waals surface area (Å²) >= 11 is 12.8. The summed E-state index contributed by atoms with van der Waals surface area (Å²) in [5.74, 6) is -0.596. The molecule has 51 heavy (non-hydrogen) atoms. The number of amides is 2. The quantitative estimate of drug-likeness (QED) is 0.0954. The van der Waals surface area contributed by atoms with E-state index in [0.717, 1.165) is 21.6 Å². The molecule has 2 unspecified atom stereocenters. The number of ether oxygens (including phenoxy) is 3. The molecule has 2 amide bonds. The molecule has 1 saturated heterocycles. The highest BCUT2D eigenvalue weighted by Gasteiger charge is 2.59. The molecule has 1 aliphatic rings. The molecule has 2 atom stereocenters. The minimum Gasteiger partial charge on any atom is -0.459 e. The molecule has 0 spiro atoms. The van der Waals surface area contributed by atoms with E-state index in [1.807, 2.05) is 30.3 Å². The first-order valence-electron chi connectivity index (χ1n) is 17.5. The summed E-state index contributed by atoms with van der Waals surface area (Å²) in [6.45, 7) is 18.5. The number of carbonyl (C=O) groups excluding carboxylic acids is 3. The lowest BCUT2D eigenvalue weighted by atomic mass is 9.96. The Balaban J connectivity index is 1.97. The Morgan fingerprint density at radius 3 is 1.98 bits per heavy atom. The fraction of sp³-hybridized carbons (Fsp3) is 0.605. The van der Waals surface area contributed by atoms with E-state index in [-0.39, 0.29) is 38.7 Å². The largest absolute Gasteiger partial charge is 0.459 e. The van der Waals surface area contributed by atoms with Crippen molar-refractivity contribution >= 4 is 48.7 Å². The van der Waals surface area contributed by atoms with Crippen molar-refractivity contribution < 1.29 is 37.7 Å². The van der Waals surface area contributed by atoms with Gasteiger partial charge in [0.25, 0.3) is 0 Å². The van der Waals surface area contributed by atoms with Gasteiger partial charge in [-0.2, -0.15) is 0 Å². The molecule has 0 N–H and O–H groups in total. The van der Waals surface area contributed by atoms with Crippen molar-refractivity contribution in [2.24, 2.45) is 0 Å². The third-order valence-electron chi connectivity index (χ3n) is 8.05. The molecule has 0 saturated carbocycles. The molecule has 10 nitrogen and oxygen atoms in total. The van der Waals surface area contributed by atoms with Gasteiger partial charge in [-0.3, -0.25) is 14.3 Å². The molecule has 0 bridgehead atoms. The number of benzene rings is 2. The molecule has 1 aliphatic heterocycles. The van der Waals surface area contributed by atoms with Crippen molar-refractivity contribution in [3.8, 4) is 11.1 Å². The molecule has 0 aromatic heterocycles. The summed E-state index contributed by atoms with van der Waals surface area (Å²) in [7, 11) is -3.63. The van der Waals surface area contributed by atoms with Crippen LogP contribution < -0.4 is 0 Å². The van der Waals surface area contributed by atoms with Crippen LogP contribution in [0.4, 0.5) is 9.59 Å². The fourth-order valence-corrected chi connectivity index (χ4v) is 9.47. The van der Waals surface area contributed by atoms with Crippen LogP contribution in [0.2, 0.25) is 10.0 Å². The van der Waals surface area contributed by atoms with Gasteiger partial charge in [0.1, 0.15) is 16.8 Å². The lowest BCUT2D eigenvalue weighted by Crippen LogP contribution is -2.56. The first kappa shape index (κ1) is 42.8. The van der Waals surface area contributed by atoms with Gasteiger partial charge >= 0.3 is 18.2 Å². The summed E-state index contributed by atoms with van der Waals surface area (Å²) in [6, 6.07) is 13.3. The maximum absolute atomic E-state index is 14.9. The predicted molar refractivity (Wildman–Crippen MR) is 203 cm³/mol. The Bertz CT molecular complexity index is 1570. The smallest absolute Gasteiger partial charge is 0.419 e. The van der Waals surface area contributed by atoms with E-state index in [2.05, 4.69) is 4.90 Å². The second-order valence-electron chi connectivity index (χ2n) is 15.9. The number of hydrogen-bond donors (Lipinski definition) is 0. The molecule has 3 rings (SSSR count). The van der Waals surface area contributed by atoms with Gasteiger partial charge in [0, 0.05) is 47.9 Å². The van der Waals surface area contributed by atoms with Crippen LogP contribution in [0, 0.1) is 0 Å². The van der Waals surface area contributed by atoms with E-state index in [9.17, 15) is 18.9 Å². The molecule has 1 fully saturated rings. The number of carbonyl (C=O) groups is 3. The van der Waals surface area contributed by atoms with Crippen molar-refractivity contribution in [2.45, 2.75) is 117 Å². The molecular formula is C38H55Cl2N2O8P. The van der Waals surface area contributed by atoms with Gasteiger partial charge in [-0.05, 0) is 112 Å². The predicted octanol–water partition coefficient (Wildman–Crippen LogP) is 10.2. The molecule has 284 valence electrons. The van der Waals surface area contributed by atoms with Crippen LogP contribution in [0.3, 0.4) is 0 Å². The Labute approximate surface area is 313 Å². The van der Waals surface area contributed by atoms with Gasteiger partial charge in [0.05, 0.1) is 6.61 Å². The Kier molecular flexibility index (Phi) is 14.3. The molecule has 0 radical (unpaired) electrons. The summed E-state index contributed by atoms with van der Waals surface area (Å²) in [4.78, 5) is 43.6. The summed E-state index contributed by atoms with van der Waals surface area (Å²) in [6.07, 6.45) is -0.775. The summed E-state index contributed by atoms with van der Waals surface area (Å²) < 4.78 is 38.0. The van der Waals surface area contributed by atoms with Gasteiger partial charge in [0.2, 0.25) is 7.37 Å². The zero-order valence-electron chi connectivity index (χ0n) is 31.8. The van der Waals surface area contributed by atoms with Crippen LogP contribution in [0.1, 0.15) is 94.1 Å². The first-order chi connectivity index (χ1) is 23.5. The number of halogens is 2. The Hall–Kier alpha value is -2.62. The van der Waals surface area contributed by atoms with Crippen LogP contribution in [0.15, 0.2) is 42.5 Å². The van der Waals surface area contributed by atoms with E-state index in [1.54, 1.807) is 81.4 Å². The lowest BCUT2D eigenvalue weighted by molar-refractivity contribution is -0.160. The zero-order valence-corrected chi connectivity index (χ0v) is 34.2. The number of imide groups is 1. The average Bonchev–Trinajstić information content (AvgIpc) is 2.96. The second-order valence-corrected chi connectivity index (χ2v) is 19.7. The van der Waals surface area contributed by atoms with Gasteiger partial charge < -0.3 is 18.7 Å². The zero-order chi connectivity index (χ0) is 38.4. The van der Waals surface area contributed by atoms with Gasteiger partial charge in [-0.1, -0.05) is 53.5 Å². The van der Waals surface area contributed by atoms with Crippen molar-refractivity contribution in [3.05, 3.63) is 58.1 Å². The minimum atomic E-state index is -3.63. The van der Waals surface area contributed by atoms with E-state index >= 15 is 0 Å². The highest BCUT2D eigenvalue weighted by Crippen LogP contribution is 2.64. The maximum Gasteiger partial charge on any atom is 0.419 e. The van der Waals surface area contributed by atoms with Crippen molar-refractivity contribution in [3.63, 3.8) is 0 Å². The molecule has 1 heterocycles. The van der Waals surface area contributed by atoms with E-state index in [4.69, 9.17) is 41.9 Å². The normalized spacial score (nSPS) is 20.1. The molecule has 2 aromatic carbocycles. The van der Waals surface area contributed by atoms with Crippen molar-refractivity contribution in [1.82, 2.24) is 9.80 Å². The number of nitrogens with zero attached hydrogens (tertiary/aromatic N) is 2. The standard InChI is InChI=1S/C38H55Cl2N2O8P/c1-11-47-51(46)23-22-41(25-27-16-12-13-17-29(27)30-19-18-28(39)24-31(30)40)26-38(51,32(43)48-35(2,3)4)20-14-15-21-42(33(44)49-36(5,6)7)34(45)50-37(8,9)10/h12-13,16-19,24H,11,14-15,20-23,25-26H2,1-10H3. The maximum atomic E-state index is 14.9. The van der Waals surface area contributed by atoms with Crippen LogP contribution in [-0.4, -0.2) is 82.3 Å². The number of unbranched alkanes of at least 4 members (excludes halogenated alkanes) is 1. The number of esters is 1. The van der Waals surface area contributed by atoms with E-state index < -0.39 is 47.5 Å². The lowest BCUT2D eigenvalue weighted by Gasteiger charge is -2.46. The third-order valence-corrected chi connectivity index (χ3v) is 11.9. The van der Waals surface area contributed by atoms with Crippen LogP contribution in [0.5, 0.6) is 0 Å². The molecule has 2 aromatic rings. The highest BCUT2D eigenvalue weighted by atomic mass is 35.5. The third kappa shape index (κ3) is 11.9. The summed E-state index contributed by atoms with van der Waals surface area (Å²) in [5, 5.41) is -0.458. The van der Waals surface area contributed by atoms with Crippen LogP contribution in [0.25, 0.3) is 11.1 Å². The highest BCUT2D eigenvalue weighted by molar-refractivity contribution is 7.62. The molecular weight excluding hydrogens is 714 g/mol. The van der Waals surface area contributed by atoms with Crippen molar-refractivity contribution in [1.29, 1.82) is 0 Å². The minimum absolute atomic E-state index is 0.0356. The van der Waals surface area contributed by atoms with Crippen LogP contribution in [-0.2, 0) is 34.6 Å². The Morgan fingerprint density at radius 2 is 1.43 bits per heavy atom. The van der Waals surface area contributed by atoms with Crippen LogP contribution >= 0.6 is 30.6 Å². The van der Waals surface area contributed by atoms with E-state index in [0.29, 0.717) is 29.6 Å². The second kappa shape index (κ2) is 17.0. The topological polar surface area (TPSA) is 112 Å². The van der Waals surface area contributed by atoms with Gasteiger partial charge in [0.15, 0.2) is 5.16 Å². The van der Waals surface area contributed by atoms with Gasteiger partial charge in [-0.25, -0.2) is 14.5 Å². The molecule has 0 aliphatic carbocycles. The molecule has 13 heteroatoms.